The van der Waals surface area contributed by atoms with E-state index in [1.807, 2.05) is 31.2 Å². The van der Waals surface area contributed by atoms with Gasteiger partial charge < -0.3 is 20.7 Å². The molecule has 1 aromatic carbocycles. The van der Waals surface area contributed by atoms with Gasteiger partial charge in [0.05, 0.1) is 19.1 Å². The second-order valence-electron chi connectivity index (χ2n) is 6.17. The maximum absolute atomic E-state index is 12.7. The van der Waals surface area contributed by atoms with Crippen LogP contribution in [-0.2, 0) is 9.59 Å². The second-order valence-corrected chi connectivity index (χ2v) is 6.17. The number of nitrogens with one attached hydrogen (secondary N) is 1. The lowest BCUT2D eigenvalue weighted by Crippen LogP contribution is -2.46. The molecule has 0 radical (unpaired) electrons. The van der Waals surface area contributed by atoms with E-state index in [2.05, 4.69) is 5.32 Å². The van der Waals surface area contributed by atoms with Crippen molar-refractivity contribution in [3.05, 3.63) is 29.8 Å². The van der Waals surface area contributed by atoms with Crippen molar-refractivity contribution in [1.82, 2.24) is 10.2 Å². The maximum Gasteiger partial charge on any atom is 0.225 e. The van der Waals surface area contributed by atoms with Gasteiger partial charge in [0.25, 0.3) is 0 Å². The summed E-state index contributed by atoms with van der Waals surface area (Å²) in [6, 6.07) is 7.14. The van der Waals surface area contributed by atoms with E-state index in [1.54, 1.807) is 4.90 Å². The van der Waals surface area contributed by atoms with Gasteiger partial charge in [-0.2, -0.15) is 0 Å². The first-order chi connectivity index (χ1) is 11.5. The Morgan fingerprint density at radius 1 is 1.42 bits per heavy atom. The van der Waals surface area contributed by atoms with E-state index in [4.69, 9.17) is 10.5 Å². The van der Waals surface area contributed by atoms with Crippen molar-refractivity contribution in [2.45, 2.75) is 45.2 Å². The number of carbonyl (C=O) groups is 2. The minimum absolute atomic E-state index is 0.00945. The van der Waals surface area contributed by atoms with Crippen LogP contribution in [0.4, 0.5) is 0 Å². The van der Waals surface area contributed by atoms with Gasteiger partial charge in [0.2, 0.25) is 11.8 Å². The third-order valence-electron chi connectivity index (χ3n) is 4.16. The van der Waals surface area contributed by atoms with E-state index in [0.29, 0.717) is 18.9 Å². The molecule has 0 aliphatic carbocycles. The van der Waals surface area contributed by atoms with Crippen LogP contribution in [0.5, 0.6) is 5.75 Å². The molecule has 1 heterocycles. The molecule has 2 rings (SSSR count). The van der Waals surface area contributed by atoms with E-state index in [9.17, 15) is 9.59 Å². The van der Waals surface area contributed by atoms with Crippen LogP contribution in [0.15, 0.2) is 24.3 Å². The Morgan fingerprint density at radius 2 is 2.17 bits per heavy atom. The predicted octanol–water partition coefficient (Wildman–Crippen LogP) is 1.60. The highest BCUT2D eigenvalue weighted by Gasteiger charge is 2.26. The largest absolute Gasteiger partial charge is 0.494 e. The number of amides is 2. The van der Waals surface area contributed by atoms with Crippen LogP contribution >= 0.6 is 0 Å². The minimum Gasteiger partial charge on any atom is -0.494 e. The van der Waals surface area contributed by atoms with Gasteiger partial charge in [0, 0.05) is 31.6 Å². The summed E-state index contributed by atoms with van der Waals surface area (Å²) in [5.74, 6) is 0.534. The average molecular weight is 333 g/mol. The molecule has 3 N–H and O–H groups in total. The molecule has 1 saturated heterocycles. The number of piperidine rings is 1. The first-order valence-electron chi connectivity index (χ1n) is 8.53. The van der Waals surface area contributed by atoms with E-state index in [0.717, 1.165) is 24.9 Å². The van der Waals surface area contributed by atoms with Crippen molar-refractivity contribution in [3.63, 3.8) is 0 Å². The highest BCUT2D eigenvalue weighted by atomic mass is 16.5. The van der Waals surface area contributed by atoms with Gasteiger partial charge in [-0.3, -0.25) is 9.59 Å². The lowest BCUT2D eigenvalue weighted by atomic mass is 10.00. The zero-order valence-electron chi connectivity index (χ0n) is 14.5. The molecule has 1 fully saturated rings. The molecule has 1 aliphatic rings. The van der Waals surface area contributed by atoms with Crippen LogP contribution < -0.4 is 15.8 Å². The number of rotatable bonds is 6. The van der Waals surface area contributed by atoms with Crippen molar-refractivity contribution in [1.29, 1.82) is 0 Å². The Labute approximate surface area is 143 Å². The monoisotopic (exact) mass is 333 g/mol. The molecule has 2 amide bonds. The normalized spacial score (nSPS) is 18.8. The summed E-state index contributed by atoms with van der Waals surface area (Å²) in [6.07, 6.45) is 2.08. The van der Waals surface area contributed by atoms with Crippen molar-refractivity contribution < 1.29 is 14.3 Å². The molecule has 24 heavy (non-hydrogen) atoms. The SMILES string of the molecule is CCOc1ccccc1C(CC(=O)N1CCCC(N)C1)NC(C)=O. The zero-order chi connectivity index (χ0) is 17.5. The minimum atomic E-state index is -0.407. The number of para-hydroxylation sites is 1. The van der Waals surface area contributed by atoms with Crippen molar-refractivity contribution in [3.8, 4) is 5.75 Å². The zero-order valence-corrected chi connectivity index (χ0v) is 14.5. The summed E-state index contributed by atoms with van der Waals surface area (Å²) >= 11 is 0. The van der Waals surface area contributed by atoms with Gasteiger partial charge in [-0.1, -0.05) is 18.2 Å². The number of hydrogen-bond acceptors (Lipinski definition) is 4. The third-order valence-corrected chi connectivity index (χ3v) is 4.16. The summed E-state index contributed by atoms with van der Waals surface area (Å²) in [4.78, 5) is 26.1. The van der Waals surface area contributed by atoms with E-state index in [-0.39, 0.29) is 24.3 Å². The molecule has 0 spiro atoms. The smallest absolute Gasteiger partial charge is 0.225 e. The second kappa shape index (κ2) is 8.68. The number of hydrogen-bond donors (Lipinski definition) is 2. The fourth-order valence-corrected chi connectivity index (χ4v) is 3.08. The fourth-order valence-electron chi connectivity index (χ4n) is 3.08. The Hall–Kier alpha value is -2.08. The molecule has 0 saturated carbocycles. The van der Waals surface area contributed by atoms with Crippen LogP contribution in [0.1, 0.15) is 44.7 Å². The lowest BCUT2D eigenvalue weighted by molar-refractivity contribution is -0.133. The molecule has 2 unspecified atom stereocenters. The number of nitrogens with two attached hydrogens (primary N) is 1. The fraction of sp³-hybridized carbons (Fsp3) is 0.556. The molecule has 132 valence electrons. The standard InChI is InChI=1S/C18H27N3O3/c1-3-24-17-9-5-4-8-15(17)16(20-13(2)22)11-18(23)21-10-6-7-14(19)12-21/h4-5,8-9,14,16H,3,6-7,10-12,19H2,1-2H3,(H,20,22). The van der Waals surface area contributed by atoms with Crippen molar-refractivity contribution in [2.24, 2.45) is 5.73 Å². The Balaban J connectivity index is 2.16. The van der Waals surface area contributed by atoms with Crippen LogP contribution in [0.25, 0.3) is 0 Å². The van der Waals surface area contributed by atoms with Gasteiger partial charge in [-0.15, -0.1) is 0 Å². The number of likely N-dealkylation sites (tertiary alicyclic amines) is 1. The summed E-state index contributed by atoms with van der Waals surface area (Å²) in [5.41, 5.74) is 6.79. The first kappa shape index (κ1) is 18.3. The molecule has 1 aromatic rings. The molecule has 1 aliphatic heterocycles. The average Bonchev–Trinajstić information content (AvgIpc) is 2.54. The topological polar surface area (TPSA) is 84.7 Å². The van der Waals surface area contributed by atoms with Crippen LogP contribution in [-0.4, -0.2) is 42.5 Å². The number of benzene rings is 1. The van der Waals surface area contributed by atoms with Gasteiger partial charge in [0.1, 0.15) is 5.75 Å². The number of nitrogens with zero attached hydrogens (tertiary/aromatic N) is 1. The van der Waals surface area contributed by atoms with Crippen molar-refractivity contribution in [2.75, 3.05) is 19.7 Å². The van der Waals surface area contributed by atoms with E-state index < -0.39 is 6.04 Å². The Bertz CT molecular complexity index is 576. The lowest BCUT2D eigenvalue weighted by Gasteiger charge is -2.32. The first-order valence-corrected chi connectivity index (χ1v) is 8.53. The van der Waals surface area contributed by atoms with Gasteiger partial charge in [0.15, 0.2) is 0 Å². The number of carbonyl (C=O) groups excluding carboxylic acids is 2. The molecule has 6 heteroatoms. The highest BCUT2D eigenvalue weighted by Crippen LogP contribution is 2.28. The summed E-state index contributed by atoms with van der Waals surface area (Å²) in [7, 11) is 0. The van der Waals surface area contributed by atoms with E-state index in [1.165, 1.54) is 6.92 Å². The quantitative estimate of drug-likeness (QED) is 0.828. The van der Waals surface area contributed by atoms with Gasteiger partial charge in [-0.05, 0) is 25.8 Å². The summed E-state index contributed by atoms with van der Waals surface area (Å²) in [6.45, 7) is 5.20. The van der Waals surface area contributed by atoms with Gasteiger partial charge >= 0.3 is 0 Å². The van der Waals surface area contributed by atoms with E-state index >= 15 is 0 Å². The highest BCUT2D eigenvalue weighted by molar-refractivity contribution is 5.79. The van der Waals surface area contributed by atoms with Crippen LogP contribution in [0.2, 0.25) is 0 Å². The molecule has 0 aromatic heterocycles. The molecular formula is C18H27N3O3. The summed E-state index contributed by atoms with van der Waals surface area (Å²) in [5, 5.41) is 2.88. The number of ether oxygens (including phenoxy) is 1. The van der Waals surface area contributed by atoms with Crippen molar-refractivity contribution >= 4 is 11.8 Å². The Morgan fingerprint density at radius 3 is 2.83 bits per heavy atom. The predicted molar refractivity (Wildman–Crippen MR) is 92.6 cm³/mol. The van der Waals surface area contributed by atoms with Crippen LogP contribution in [0.3, 0.4) is 0 Å². The molecule has 6 nitrogen and oxygen atoms in total. The molecule has 2 atom stereocenters. The molecular weight excluding hydrogens is 306 g/mol. The molecule has 0 bridgehead atoms. The maximum atomic E-state index is 12.7. The third kappa shape index (κ3) is 4.96. The summed E-state index contributed by atoms with van der Waals surface area (Å²) < 4.78 is 5.65. The Kier molecular flexibility index (Phi) is 6.61. The van der Waals surface area contributed by atoms with Gasteiger partial charge in [-0.25, -0.2) is 0 Å². The van der Waals surface area contributed by atoms with Crippen LogP contribution in [0, 0.1) is 0 Å².